The summed E-state index contributed by atoms with van der Waals surface area (Å²) in [5, 5.41) is 15.7. The van der Waals surface area contributed by atoms with Gasteiger partial charge in [0.15, 0.2) is 5.96 Å². The van der Waals surface area contributed by atoms with Crippen molar-refractivity contribution in [1.29, 1.82) is 0 Å². The Kier molecular flexibility index (Phi) is 4.69. The van der Waals surface area contributed by atoms with Crippen LogP contribution in [0.2, 0.25) is 0 Å². The molecule has 4 heterocycles. The highest BCUT2D eigenvalue weighted by Gasteiger charge is 2.41. The van der Waals surface area contributed by atoms with Crippen molar-refractivity contribution in [2.24, 2.45) is 4.99 Å². The number of hydrogen-bond donors (Lipinski definition) is 2. The molecule has 1 aromatic heterocycles. The monoisotopic (exact) mass is 332 g/mol. The average molecular weight is 332 g/mol. The average Bonchev–Trinajstić information content (AvgIpc) is 3.26. The number of aliphatic imine (C=N–C) groups is 1. The summed E-state index contributed by atoms with van der Waals surface area (Å²) in [5.41, 5.74) is 0. The van der Waals surface area contributed by atoms with Gasteiger partial charge >= 0.3 is 0 Å². The molecule has 24 heavy (non-hydrogen) atoms. The summed E-state index contributed by atoms with van der Waals surface area (Å²) in [6.45, 7) is 1.88. The topological polar surface area (TPSA) is 76.4 Å². The molecule has 1 aromatic rings. The number of nitrogens with zero attached hydrogens (tertiary/aromatic N) is 4. The molecule has 2 N–H and O–H groups in total. The summed E-state index contributed by atoms with van der Waals surface area (Å²) in [6, 6.07) is 0.402. The first-order chi connectivity index (χ1) is 11.8. The predicted octanol–water partition coefficient (Wildman–Crippen LogP) is 1.03. The first-order valence-electron chi connectivity index (χ1n) is 9.37. The van der Waals surface area contributed by atoms with Crippen molar-refractivity contribution in [1.82, 2.24) is 25.4 Å². The van der Waals surface area contributed by atoms with Gasteiger partial charge in [0, 0.05) is 33.0 Å². The number of hydrogen-bond acceptors (Lipinski definition) is 4. The van der Waals surface area contributed by atoms with E-state index in [1.165, 1.54) is 32.1 Å². The van der Waals surface area contributed by atoms with Gasteiger partial charge in [0.2, 0.25) is 0 Å². The van der Waals surface area contributed by atoms with Gasteiger partial charge < -0.3 is 19.9 Å². The van der Waals surface area contributed by atoms with Crippen molar-refractivity contribution in [2.45, 2.75) is 76.2 Å². The molecule has 0 amide bonds. The molecule has 0 aliphatic carbocycles. The molecule has 4 rings (SSSR count). The molecule has 2 bridgehead atoms. The van der Waals surface area contributed by atoms with E-state index in [-0.39, 0.29) is 0 Å². The summed E-state index contributed by atoms with van der Waals surface area (Å²) in [7, 11) is 1.83. The Hall–Kier alpha value is -1.63. The third kappa shape index (κ3) is 3.27. The molecule has 7 heteroatoms. The van der Waals surface area contributed by atoms with E-state index < -0.39 is 0 Å². The highest BCUT2D eigenvalue weighted by molar-refractivity contribution is 5.80. The van der Waals surface area contributed by atoms with Crippen molar-refractivity contribution in [2.75, 3.05) is 13.6 Å². The molecule has 0 aromatic carbocycles. The van der Waals surface area contributed by atoms with Gasteiger partial charge in [-0.1, -0.05) is 6.42 Å². The van der Waals surface area contributed by atoms with Crippen LogP contribution in [0.15, 0.2) is 4.99 Å². The molecule has 0 radical (unpaired) electrons. The van der Waals surface area contributed by atoms with Crippen LogP contribution in [0.5, 0.6) is 0 Å². The maximum Gasteiger partial charge on any atom is 0.191 e. The summed E-state index contributed by atoms with van der Waals surface area (Å²) in [5.74, 6) is 3.12. The van der Waals surface area contributed by atoms with Crippen LogP contribution in [-0.2, 0) is 24.1 Å². The Morgan fingerprint density at radius 3 is 3.04 bits per heavy atom. The highest BCUT2D eigenvalue weighted by atomic mass is 16.5. The standard InChI is InChI=1S/C17H28N6O/c1-18-17(20-13-11-12-6-7-14(13)24-12)19-9-8-16-22-21-15-5-3-2-4-10-23(15)16/h12-14H,2-11H2,1H3,(H2,18,19,20). The zero-order chi connectivity index (χ0) is 16.4. The fourth-order valence-corrected chi connectivity index (χ4v) is 4.18. The summed E-state index contributed by atoms with van der Waals surface area (Å²) in [4.78, 5) is 4.35. The summed E-state index contributed by atoms with van der Waals surface area (Å²) >= 11 is 0. The Bertz CT molecular complexity index is 598. The maximum atomic E-state index is 5.90. The van der Waals surface area contributed by atoms with Crippen molar-refractivity contribution in [3.63, 3.8) is 0 Å². The van der Waals surface area contributed by atoms with Crippen molar-refractivity contribution >= 4 is 5.96 Å². The number of fused-ring (bicyclic) bond motifs is 3. The van der Waals surface area contributed by atoms with Gasteiger partial charge in [-0.05, 0) is 32.1 Å². The molecular weight excluding hydrogens is 304 g/mol. The first-order valence-corrected chi connectivity index (χ1v) is 9.37. The Morgan fingerprint density at radius 1 is 1.29 bits per heavy atom. The molecule has 2 saturated heterocycles. The van der Waals surface area contributed by atoms with Crippen LogP contribution in [-0.4, -0.2) is 52.6 Å². The van der Waals surface area contributed by atoms with E-state index in [1.807, 2.05) is 7.05 Å². The quantitative estimate of drug-likeness (QED) is 0.636. The molecule has 3 aliphatic rings. The molecule has 3 unspecified atom stereocenters. The van der Waals surface area contributed by atoms with Gasteiger partial charge in [-0.3, -0.25) is 4.99 Å². The fourth-order valence-electron chi connectivity index (χ4n) is 4.18. The molecule has 132 valence electrons. The van der Waals surface area contributed by atoms with E-state index in [0.717, 1.165) is 50.0 Å². The minimum absolute atomic E-state index is 0.362. The number of rotatable bonds is 4. The van der Waals surface area contributed by atoms with Gasteiger partial charge in [0.25, 0.3) is 0 Å². The first kappa shape index (κ1) is 15.9. The largest absolute Gasteiger partial charge is 0.373 e. The summed E-state index contributed by atoms with van der Waals surface area (Å²) in [6.07, 6.45) is 10.0. The van der Waals surface area contributed by atoms with E-state index in [2.05, 4.69) is 30.4 Å². The molecule has 2 fully saturated rings. The van der Waals surface area contributed by atoms with Gasteiger partial charge in [-0.2, -0.15) is 0 Å². The Balaban J connectivity index is 1.28. The number of aryl methyl sites for hydroxylation is 1. The minimum Gasteiger partial charge on any atom is -0.373 e. The smallest absolute Gasteiger partial charge is 0.191 e. The van der Waals surface area contributed by atoms with Gasteiger partial charge in [-0.15, -0.1) is 10.2 Å². The van der Waals surface area contributed by atoms with E-state index in [9.17, 15) is 0 Å². The minimum atomic E-state index is 0.362. The van der Waals surface area contributed by atoms with E-state index >= 15 is 0 Å². The number of nitrogens with one attached hydrogen (secondary N) is 2. The Labute approximate surface area is 143 Å². The zero-order valence-electron chi connectivity index (χ0n) is 14.5. The van der Waals surface area contributed by atoms with Crippen molar-refractivity contribution < 1.29 is 4.74 Å². The molecule has 3 aliphatic heterocycles. The molecule has 0 spiro atoms. The van der Waals surface area contributed by atoms with Crippen LogP contribution >= 0.6 is 0 Å². The maximum absolute atomic E-state index is 5.90. The second-order valence-electron chi connectivity index (χ2n) is 7.10. The molecule has 3 atom stereocenters. The SMILES string of the molecule is CN=C(NCCc1nnc2n1CCCCC2)NC1CC2CCC1O2. The van der Waals surface area contributed by atoms with Crippen LogP contribution < -0.4 is 10.6 Å². The number of guanidine groups is 1. The Morgan fingerprint density at radius 2 is 2.25 bits per heavy atom. The van der Waals surface area contributed by atoms with Crippen LogP contribution in [0.25, 0.3) is 0 Å². The van der Waals surface area contributed by atoms with Crippen LogP contribution in [0, 0.1) is 0 Å². The van der Waals surface area contributed by atoms with Gasteiger partial charge in [-0.25, -0.2) is 0 Å². The van der Waals surface area contributed by atoms with Crippen LogP contribution in [0.1, 0.15) is 50.2 Å². The molecule has 7 nitrogen and oxygen atoms in total. The lowest BCUT2D eigenvalue weighted by Gasteiger charge is -2.22. The van der Waals surface area contributed by atoms with Gasteiger partial charge in [0.1, 0.15) is 11.6 Å². The second kappa shape index (κ2) is 7.09. The normalized spacial score (nSPS) is 29.4. The van der Waals surface area contributed by atoms with E-state index in [0.29, 0.717) is 18.2 Å². The van der Waals surface area contributed by atoms with Crippen molar-refractivity contribution in [3.8, 4) is 0 Å². The van der Waals surface area contributed by atoms with Crippen LogP contribution in [0.4, 0.5) is 0 Å². The van der Waals surface area contributed by atoms with E-state index in [4.69, 9.17) is 4.74 Å². The van der Waals surface area contributed by atoms with Gasteiger partial charge in [0.05, 0.1) is 18.2 Å². The number of aromatic nitrogens is 3. The fraction of sp³-hybridized carbons (Fsp3) is 0.824. The third-order valence-electron chi connectivity index (χ3n) is 5.48. The lowest BCUT2D eigenvalue weighted by molar-refractivity contribution is 0.0992. The predicted molar refractivity (Wildman–Crippen MR) is 92.1 cm³/mol. The summed E-state index contributed by atoms with van der Waals surface area (Å²) < 4.78 is 8.21. The second-order valence-corrected chi connectivity index (χ2v) is 7.10. The highest BCUT2D eigenvalue weighted by Crippen LogP contribution is 2.34. The van der Waals surface area contributed by atoms with Crippen molar-refractivity contribution in [3.05, 3.63) is 11.6 Å². The third-order valence-corrected chi connectivity index (χ3v) is 5.48. The van der Waals surface area contributed by atoms with E-state index in [1.54, 1.807) is 0 Å². The lowest BCUT2D eigenvalue weighted by Crippen LogP contribution is -2.47. The molecule has 0 saturated carbocycles. The molecular formula is C17H28N6O. The number of ether oxygens (including phenoxy) is 1. The zero-order valence-corrected chi connectivity index (χ0v) is 14.5. The van der Waals surface area contributed by atoms with Crippen LogP contribution in [0.3, 0.4) is 0 Å². The lowest BCUT2D eigenvalue weighted by atomic mass is 9.96.